The topological polar surface area (TPSA) is 54.5 Å². The van der Waals surface area contributed by atoms with Gasteiger partial charge in [-0.3, -0.25) is 4.79 Å². The Bertz CT molecular complexity index is 786. The highest BCUT2D eigenvalue weighted by molar-refractivity contribution is 6.05. The van der Waals surface area contributed by atoms with E-state index in [2.05, 4.69) is 19.9 Å². The van der Waals surface area contributed by atoms with Crippen LogP contribution < -0.4 is 15.0 Å². The van der Waals surface area contributed by atoms with Crippen LogP contribution in [0.15, 0.2) is 42.6 Å². The summed E-state index contributed by atoms with van der Waals surface area (Å²) in [4.78, 5) is 18.6. The Morgan fingerprint density at radius 3 is 2.43 bits per heavy atom. The summed E-state index contributed by atoms with van der Waals surface area (Å²) < 4.78 is 41.1. The molecule has 2 aromatic rings. The van der Waals surface area contributed by atoms with E-state index in [1.54, 1.807) is 0 Å². The van der Waals surface area contributed by atoms with E-state index in [1.807, 2.05) is 24.3 Å². The number of amides is 1. The van der Waals surface area contributed by atoms with Gasteiger partial charge in [-0.1, -0.05) is 25.0 Å². The first-order valence-electron chi connectivity index (χ1n) is 9.23. The van der Waals surface area contributed by atoms with Crippen LogP contribution in [0.1, 0.15) is 36.0 Å². The van der Waals surface area contributed by atoms with Crippen molar-refractivity contribution < 1.29 is 22.7 Å². The molecule has 1 aliphatic heterocycles. The fourth-order valence-electron chi connectivity index (χ4n) is 3.12. The molecule has 1 aromatic carbocycles. The second kappa shape index (κ2) is 8.95. The van der Waals surface area contributed by atoms with Crippen LogP contribution in [0, 0.1) is 0 Å². The molecule has 1 fully saturated rings. The molecule has 0 aliphatic carbocycles. The van der Waals surface area contributed by atoms with Crippen molar-refractivity contribution in [3.63, 3.8) is 0 Å². The largest absolute Gasteiger partial charge is 0.468 e. The molecule has 5 nitrogen and oxygen atoms in total. The standard InChI is InChI=1S/C20H22F3N3O2/c21-20(22,23)14-28-18-10-9-15(13-24-18)19(27)25-16-7-3-4-8-17(16)26-11-5-1-2-6-12-26/h3-4,7-10,13H,1-2,5-6,11-12,14H2,(H,25,27). The fraction of sp³-hybridized carbons (Fsp3) is 0.400. The van der Waals surface area contributed by atoms with Gasteiger partial charge in [0.25, 0.3) is 5.91 Å². The monoisotopic (exact) mass is 393 g/mol. The van der Waals surface area contributed by atoms with Crippen molar-refractivity contribution in [3.8, 4) is 5.88 Å². The molecule has 28 heavy (non-hydrogen) atoms. The molecule has 0 spiro atoms. The highest BCUT2D eigenvalue weighted by atomic mass is 19.4. The number of benzene rings is 1. The zero-order valence-electron chi connectivity index (χ0n) is 15.3. The summed E-state index contributed by atoms with van der Waals surface area (Å²) in [5, 5.41) is 2.88. The minimum Gasteiger partial charge on any atom is -0.468 e. The summed E-state index contributed by atoms with van der Waals surface area (Å²) in [6, 6.07) is 10.2. The van der Waals surface area contributed by atoms with Crippen LogP contribution in [0.25, 0.3) is 0 Å². The first-order chi connectivity index (χ1) is 13.4. The van der Waals surface area contributed by atoms with Gasteiger partial charge in [-0.2, -0.15) is 13.2 Å². The Morgan fingerprint density at radius 2 is 1.79 bits per heavy atom. The number of nitrogens with zero attached hydrogens (tertiary/aromatic N) is 2. The summed E-state index contributed by atoms with van der Waals surface area (Å²) in [5.41, 5.74) is 1.91. The van der Waals surface area contributed by atoms with Crippen molar-refractivity contribution >= 4 is 17.3 Å². The predicted molar refractivity (Wildman–Crippen MR) is 101 cm³/mol. The molecule has 1 aromatic heterocycles. The van der Waals surface area contributed by atoms with Gasteiger partial charge in [0, 0.05) is 25.4 Å². The number of halogens is 3. The smallest absolute Gasteiger partial charge is 0.422 e. The number of carbonyl (C=O) groups excluding carboxylic acids is 1. The van der Waals surface area contributed by atoms with Gasteiger partial charge >= 0.3 is 6.18 Å². The lowest BCUT2D eigenvalue weighted by Gasteiger charge is -2.25. The minimum absolute atomic E-state index is 0.182. The van der Waals surface area contributed by atoms with E-state index < -0.39 is 12.8 Å². The number of para-hydroxylation sites is 2. The van der Waals surface area contributed by atoms with Crippen LogP contribution in [-0.2, 0) is 0 Å². The van der Waals surface area contributed by atoms with Crippen molar-refractivity contribution in [2.24, 2.45) is 0 Å². The Balaban J connectivity index is 1.68. The van der Waals surface area contributed by atoms with Crippen molar-refractivity contribution in [3.05, 3.63) is 48.2 Å². The van der Waals surface area contributed by atoms with Crippen molar-refractivity contribution in [2.45, 2.75) is 31.9 Å². The van der Waals surface area contributed by atoms with E-state index in [4.69, 9.17) is 0 Å². The van der Waals surface area contributed by atoms with Crippen LogP contribution in [0.4, 0.5) is 24.5 Å². The Hall–Kier alpha value is -2.77. The molecule has 1 amide bonds. The van der Waals surface area contributed by atoms with Gasteiger partial charge in [-0.25, -0.2) is 4.98 Å². The lowest BCUT2D eigenvalue weighted by Crippen LogP contribution is -2.25. The number of carbonyl (C=O) groups is 1. The number of rotatable bonds is 5. The zero-order valence-corrected chi connectivity index (χ0v) is 15.3. The van der Waals surface area contributed by atoms with E-state index >= 15 is 0 Å². The molecule has 0 atom stereocenters. The van der Waals surface area contributed by atoms with Gasteiger partial charge in [0.05, 0.1) is 16.9 Å². The van der Waals surface area contributed by atoms with Gasteiger partial charge in [-0.15, -0.1) is 0 Å². The molecule has 2 heterocycles. The third kappa shape index (κ3) is 5.61. The Kier molecular flexibility index (Phi) is 6.38. The molecular formula is C20H22F3N3O2. The maximum atomic E-state index is 12.6. The van der Waals surface area contributed by atoms with Crippen LogP contribution in [0.3, 0.4) is 0 Å². The number of pyridine rings is 1. The summed E-state index contributed by atoms with van der Waals surface area (Å²) in [5.74, 6) is -0.559. The van der Waals surface area contributed by atoms with E-state index in [0.29, 0.717) is 5.69 Å². The number of alkyl halides is 3. The van der Waals surface area contributed by atoms with Crippen LogP contribution >= 0.6 is 0 Å². The summed E-state index contributed by atoms with van der Waals surface area (Å²) >= 11 is 0. The van der Waals surface area contributed by atoms with Crippen molar-refractivity contribution in [1.29, 1.82) is 0 Å². The second-order valence-electron chi connectivity index (χ2n) is 6.66. The number of anilines is 2. The van der Waals surface area contributed by atoms with Crippen LogP contribution in [0.2, 0.25) is 0 Å². The Morgan fingerprint density at radius 1 is 1.07 bits per heavy atom. The maximum absolute atomic E-state index is 12.6. The number of ether oxygens (including phenoxy) is 1. The average Bonchev–Trinajstić information content (AvgIpc) is 2.96. The van der Waals surface area contributed by atoms with E-state index in [-0.39, 0.29) is 17.4 Å². The zero-order chi connectivity index (χ0) is 20.0. The highest BCUT2D eigenvalue weighted by Gasteiger charge is 2.28. The van der Waals surface area contributed by atoms with Crippen molar-refractivity contribution in [1.82, 2.24) is 4.98 Å². The van der Waals surface area contributed by atoms with Gasteiger partial charge in [-0.05, 0) is 31.0 Å². The predicted octanol–water partition coefficient (Wildman–Crippen LogP) is 4.66. The molecule has 0 saturated carbocycles. The lowest BCUT2D eigenvalue weighted by molar-refractivity contribution is -0.154. The third-order valence-electron chi connectivity index (χ3n) is 4.48. The molecule has 1 saturated heterocycles. The van der Waals surface area contributed by atoms with Gasteiger partial charge in [0.1, 0.15) is 0 Å². The van der Waals surface area contributed by atoms with Gasteiger partial charge in [0.15, 0.2) is 6.61 Å². The first kappa shape index (κ1) is 20.0. The summed E-state index contributed by atoms with van der Waals surface area (Å²) in [6.45, 7) is 0.466. The second-order valence-corrected chi connectivity index (χ2v) is 6.66. The molecule has 150 valence electrons. The third-order valence-corrected chi connectivity index (χ3v) is 4.48. The molecule has 1 aliphatic rings. The molecule has 8 heteroatoms. The number of aromatic nitrogens is 1. The summed E-state index contributed by atoms with van der Waals surface area (Å²) in [6.07, 6.45) is 1.42. The molecule has 3 rings (SSSR count). The van der Waals surface area contributed by atoms with Gasteiger partial charge in [0.2, 0.25) is 5.88 Å². The Labute approximate surface area is 161 Å². The summed E-state index contributed by atoms with van der Waals surface area (Å²) in [7, 11) is 0. The number of nitrogens with one attached hydrogen (secondary N) is 1. The van der Waals surface area contributed by atoms with Crippen LogP contribution in [0.5, 0.6) is 5.88 Å². The fourth-order valence-corrected chi connectivity index (χ4v) is 3.12. The average molecular weight is 393 g/mol. The van der Waals surface area contributed by atoms with E-state index in [9.17, 15) is 18.0 Å². The van der Waals surface area contributed by atoms with E-state index in [1.165, 1.54) is 31.2 Å². The minimum atomic E-state index is -4.44. The lowest BCUT2D eigenvalue weighted by atomic mass is 10.2. The first-order valence-corrected chi connectivity index (χ1v) is 9.23. The number of hydrogen-bond acceptors (Lipinski definition) is 4. The maximum Gasteiger partial charge on any atom is 0.422 e. The SMILES string of the molecule is O=C(Nc1ccccc1N1CCCCCC1)c1ccc(OCC(F)(F)F)nc1. The van der Waals surface area contributed by atoms with E-state index in [0.717, 1.165) is 31.6 Å². The molecule has 0 radical (unpaired) electrons. The molecule has 0 bridgehead atoms. The normalized spacial score (nSPS) is 15.0. The molecular weight excluding hydrogens is 371 g/mol. The highest BCUT2D eigenvalue weighted by Crippen LogP contribution is 2.28. The van der Waals surface area contributed by atoms with Crippen molar-refractivity contribution in [2.75, 3.05) is 29.9 Å². The molecule has 0 unspecified atom stereocenters. The van der Waals surface area contributed by atoms with Gasteiger partial charge < -0.3 is 15.0 Å². The quantitative estimate of drug-likeness (QED) is 0.803. The van der Waals surface area contributed by atoms with Crippen LogP contribution in [-0.4, -0.2) is 36.8 Å². The molecule has 1 N–H and O–H groups in total. The number of hydrogen-bond donors (Lipinski definition) is 1.